The van der Waals surface area contributed by atoms with E-state index in [1.165, 1.54) is 0 Å². The van der Waals surface area contributed by atoms with Gasteiger partial charge < -0.3 is 14.4 Å². The first-order valence-corrected chi connectivity index (χ1v) is 5.94. The second kappa shape index (κ2) is 5.08. The van der Waals surface area contributed by atoms with Crippen LogP contribution in [-0.2, 0) is 6.54 Å². The highest BCUT2D eigenvalue weighted by atomic mass is 16.5. The van der Waals surface area contributed by atoms with Gasteiger partial charge in [0.05, 0.1) is 11.7 Å². The van der Waals surface area contributed by atoms with Crippen molar-refractivity contribution in [1.82, 2.24) is 14.7 Å². The van der Waals surface area contributed by atoms with E-state index in [0.29, 0.717) is 0 Å². The summed E-state index contributed by atoms with van der Waals surface area (Å²) < 4.78 is 7.18. The van der Waals surface area contributed by atoms with Gasteiger partial charge in [0.15, 0.2) is 0 Å². The summed E-state index contributed by atoms with van der Waals surface area (Å²) in [6.07, 6.45) is 5.53. The number of hydrogen-bond acceptors (Lipinski definition) is 4. The van der Waals surface area contributed by atoms with Crippen molar-refractivity contribution in [2.75, 3.05) is 5.32 Å². The molecule has 96 valence electrons. The number of nitrogens with zero attached hydrogens (tertiary/aromatic N) is 3. The largest absolute Gasteiger partial charge is 0.361 e. The molecule has 0 bridgehead atoms. The van der Waals surface area contributed by atoms with Gasteiger partial charge in [-0.3, -0.25) is 0 Å². The number of allylic oxidation sites excluding steroid dienone is 1. The minimum atomic E-state index is 0.0993. The summed E-state index contributed by atoms with van der Waals surface area (Å²) in [6.45, 7) is 10.4. The van der Waals surface area contributed by atoms with Crippen molar-refractivity contribution >= 4 is 5.95 Å². The summed E-state index contributed by atoms with van der Waals surface area (Å²) in [5.74, 6) is 1.66. The number of nitrogens with one attached hydrogen (secondary N) is 1. The van der Waals surface area contributed by atoms with Gasteiger partial charge in [-0.1, -0.05) is 11.2 Å². The summed E-state index contributed by atoms with van der Waals surface area (Å²) >= 11 is 0. The molecule has 5 nitrogen and oxygen atoms in total. The Hall–Kier alpha value is -2.04. The molecule has 0 aliphatic carbocycles. The van der Waals surface area contributed by atoms with Gasteiger partial charge in [0, 0.05) is 24.5 Å². The zero-order valence-corrected chi connectivity index (χ0v) is 11.0. The third kappa shape index (κ3) is 2.30. The molecular formula is C13H18N4O. The van der Waals surface area contributed by atoms with Crippen LogP contribution in [0.5, 0.6) is 0 Å². The van der Waals surface area contributed by atoms with Crippen LogP contribution in [0.15, 0.2) is 29.6 Å². The summed E-state index contributed by atoms with van der Waals surface area (Å²) in [5.41, 5.74) is 2.00. The fraction of sp³-hybridized carbons (Fsp3) is 0.385. The van der Waals surface area contributed by atoms with E-state index < -0.39 is 0 Å². The SMILES string of the molecule is C=CCn1ccnc1NC(C)c1c(C)noc1C. The molecule has 1 atom stereocenters. The maximum atomic E-state index is 5.18. The van der Waals surface area contributed by atoms with E-state index in [0.717, 1.165) is 29.5 Å². The first kappa shape index (κ1) is 12.4. The molecular weight excluding hydrogens is 228 g/mol. The predicted molar refractivity (Wildman–Crippen MR) is 70.4 cm³/mol. The fourth-order valence-electron chi connectivity index (χ4n) is 2.11. The average Bonchev–Trinajstić information content (AvgIpc) is 2.87. The van der Waals surface area contributed by atoms with Gasteiger partial charge in [-0.15, -0.1) is 6.58 Å². The standard InChI is InChI=1S/C13H18N4O/c1-5-7-17-8-6-14-13(17)15-9(2)12-10(3)16-18-11(12)4/h5-6,8-9H,1,7H2,2-4H3,(H,14,15). The van der Waals surface area contributed by atoms with Gasteiger partial charge in [0.1, 0.15) is 5.76 Å². The number of anilines is 1. The highest BCUT2D eigenvalue weighted by Crippen LogP contribution is 2.24. The number of imidazole rings is 1. The molecule has 0 amide bonds. The highest BCUT2D eigenvalue weighted by molar-refractivity contribution is 5.35. The van der Waals surface area contributed by atoms with E-state index in [1.54, 1.807) is 6.20 Å². The third-order valence-corrected chi connectivity index (χ3v) is 2.91. The molecule has 2 heterocycles. The summed E-state index contributed by atoms with van der Waals surface area (Å²) in [7, 11) is 0. The van der Waals surface area contributed by atoms with Gasteiger partial charge in [0.25, 0.3) is 0 Å². The average molecular weight is 246 g/mol. The topological polar surface area (TPSA) is 55.9 Å². The molecule has 0 fully saturated rings. The lowest BCUT2D eigenvalue weighted by Crippen LogP contribution is -2.12. The fourth-order valence-corrected chi connectivity index (χ4v) is 2.11. The Bertz CT molecular complexity index is 521. The predicted octanol–water partition coefficient (Wildman–Crippen LogP) is 2.85. The Balaban J connectivity index is 2.18. The van der Waals surface area contributed by atoms with Gasteiger partial charge >= 0.3 is 0 Å². The van der Waals surface area contributed by atoms with E-state index >= 15 is 0 Å². The highest BCUT2D eigenvalue weighted by Gasteiger charge is 2.17. The molecule has 2 aromatic heterocycles. The maximum absolute atomic E-state index is 5.18. The monoisotopic (exact) mass is 246 g/mol. The molecule has 0 radical (unpaired) electrons. The number of aromatic nitrogens is 3. The minimum Gasteiger partial charge on any atom is -0.361 e. The second-order valence-electron chi connectivity index (χ2n) is 4.30. The van der Waals surface area contributed by atoms with Crippen molar-refractivity contribution in [1.29, 1.82) is 0 Å². The van der Waals surface area contributed by atoms with E-state index in [9.17, 15) is 0 Å². The molecule has 0 aromatic carbocycles. The normalized spacial score (nSPS) is 12.4. The minimum absolute atomic E-state index is 0.0993. The van der Waals surface area contributed by atoms with Crippen molar-refractivity contribution in [3.8, 4) is 0 Å². The van der Waals surface area contributed by atoms with Crippen LogP contribution < -0.4 is 5.32 Å². The van der Waals surface area contributed by atoms with Crippen LogP contribution in [0.4, 0.5) is 5.95 Å². The summed E-state index contributed by atoms with van der Waals surface area (Å²) in [4.78, 5) is 4.30. The number of rotatable bonds is 5. The maximum Gasteiger partial charge on any atom is 0.203 e. The van der Waals surface area contributed by atoms with Crippen molar-refractivity contribution in [3.63, 3.8) is 0 Å². The molecule has 0 spiro atoms. The van der Waals surface area contributed by atoms with Gasteiger partial charge in [-0.2, -0.15) is 0 Å². The number of aryl methyl sites for hydroxylation is 2. The summed E-state index contributed by atoms with van der Waals surface area (Å²) in [5, 5.41) is 7.33. The Morgan fingerprint density at radius 3 is 2.94 bits per heavy atom. The van der Waals surface area contributed by atoms with Crippen LogP contribution >= 0.6 is 0 Å². The van der Waals surface area contributed by atoms with Crippen LogP contribution in [-0.4, -0.2) is 14.7 Å². The quantitative estimate of drug-likeness (QED) is 0.824. The lowest BCUT2D eigenvalue weighted by molar-refractivity contribution is 0.392. The zero-order chi connectivity index (χ0) is 13.1. The molecule has 0 aliphatic heterocycles. The second-order valence-corrected chi connectivity index (χ2v) is 4.30. The van der Waals surface area contributed by atoms with Crippen LogP contribution in [0.25, 0.3) is 0 Å². The first-order chi connectivity index (χ1) is 8.63. The van der Waals surface area contributed by atoms with Crippen LogP contribution in [0, 0.1) is 13.8 Å². The molecule has 1 N–H and O–H groups in total. The van der Waals surface area contributed by atoms with E-state index in [1.807, 2.05) is 30.7 Å². The molecule has 18 heavy (non-hydrogen) atoms. The van der Waals surface area contributed by atoms with Crippen molar-refractivity contribution in [3.05, 3.63) is 42.1 Å². The smallest absolute Gasteiger partial charge is 0.203 e. The Morgan fingerprint density at radius 1 is 1.56 bits per heavy atom. The third-order valence-electron chi connectivity index (χ3n) is 2.91. The van der Waals surface area contributed by atoms with E-state index in [2.05, 4.69) is 29.0 Å². The van der Waals surface area contributed by atoms with Crippen molar-refractivity contribution in [2.24, 2.45) is 0 Å². The zero-order valence-electron chi connectivity index (χ0n) is 11.0. The van der Waals surface area contributed by atoms with Crippen LogP contribution in [0.1, 0.15) is 30.0 Å². The van der Waals surface area contributed by atoms with E-state index in [-0.39, 0.29) is 6.04 Å². The first-order valence-electron chi connectivity index (χ1n) is 5.94. The molecule has 0 aliphatic rings. The van der Waals surface area contributed by atoms with E-state index in [4.69, 9.17) is 4.52 Å². The van der Waals surface area contributed by atoms with Crippen LogP contribution in [0.3, 0.4) is 0 Å². The molecule has 5 heteroatoms. The molecule has 0 saturated heterocycles. The van der Waals surface area contributed by atoms with Crippen molar-refractivity contribution in [2.45, 2.75) is 33.4 Å². The molecule has 2 rings (SSSR count). The lowest BCUT2D eigenvalue weighted by atomic mass is 10.1. The van der Waals surface area contributed by atoms with Gasteiger partial charge in [0.2, 0.25) is 5.95 Å². The Kier molecular flexibility index (Phi) is 3.50. The van der Waals surface area contributed by atoms with Gasteiger partial charge in [-0.05, 0) is 20.8 Å². The molecule has 1 unspecified atom stereocenters. The molecule has 2 aromatic rings. The Labute approximate surface area is 107 Å². The Morgan fingerprint density at radius 2 is 2.33 bits per heavy atom. The molecule has 0 saturated carbocycles. The summed E-state index contributed by atoms with van der Waals surface area (Å²) in [6, 6.07) is 0.0993. The van der Waals surface area contributed by atoms with Crippen LogP contribution in [0.2, 0.25) is 0 Å². The lowest BCUT2D eigenvalue weighted by Gasteiger charge is -2.15. The van der Waals surface area contributed by atoms with Crippen molar-refractivity contribution < 1.29 is 4.52 Å². The van der Waals surface area contributed by atoms with Gasteiger partial charge in [-0.25, -0.2) is 4.98 Å². The number of hydrogen-bond donors (Lipinski definition) is 1.